The Labute approximate surface area is 266 Å². The average molecular weight is 617 g/mol. The summed E-state index contributed by atoms with van der Waals surface area (Å²) in [6.45, 7) is 5.86. The first kappa shape index (κ1) is 31.5. The second-order valence-electron chi connectivity index (χ2n) is 11.3. The number of rotatable bonds is 8. The van der Waals surface area contributed by atoms with Crippen LogP contribution in [0.25, 0.3) is 12.2 Å². The van der Waals surface area contributed by atoms with Crippen molar-refractivity contribution in [2.45, 2.75) is 39.3 Å². The number of aryl methyl sites for hydroxylation is 2. The van der Waals surface area contributed by atoms with Gasteiger partial charge in [0.2, 0.25) is 0 Å². The van der Waals surface area contributed by atoms with Gasteiger partial charge in [0.05, 0.1) is 15.9 Å². The minimum absolute atomic E-state index is 0.0289. The van der Waals surface area contributed by atoms with Gasteiger partial charge in [0.15, 0.2) is 0 Å². The lowest BCUT2D eigenvalue weighted by Crippen LogP contribution is -2.47. The minimum atomic E-state index is -0.472. The number of nitrogens with zero attached hydrogens (tertiary/aromatic N) is 4. The molecule has 0 radical (unpaired) electrons. The summed E-state index contributed by atoms with van der Waals surface area (Å²) in [5.74, 6) is -0.522. The summed E-state index contributed by atoms with van der Waals surface area (Å²) >= 11 is 0. The fourth-order valence-corrected chi connectivity index (χ4v) is 5.59. The van der Waals surface area contributed by atoms with Gasteiger partial charge in [-0.25, -0.2) is 0 Å². The summed E-state index contributed by atoms with van der Waals surface area (Å²) in [5.41, 5.74) is 5.45. The predicted molar refractivity (Wildman–Crippen MR) is 178 cm³/mol. The second kappa shape index (κ2) is 13.4. The van der Waals surface area contributed by atoms with Crippen LogP contribution in [0.4, 0.5) is 22.7 Å². The summed E-state index contributed by atoms with van der Waals surface area (Å²) in [4.78, 5) is 52.2. The Hall–Kier alpha value is -5.90. The van der Waals surface area contributed by atoms with E-state index in [1.165, 1.54) is 36.4 Å². The Morgan fingerprint density at radius 3 is 1.83 bits per heavy atom. The Kier molecular flexibility index (Phi) is 9.18. The lowest BCUT2D eigenvalue weighted by Gasteiger charge is -2.43. The first-order chi connectivity index (χ1) is 22.0. The molecular weight excluding hydrogens is 584 g/mol. The normalized spacial score (nSPS) is 15.9. The van der Waals surface area contributed by atoms with Crippen molar-refractivity contribution < 1.29 is 19.4 Å². The number of hydrogen-bond acceptors (Lipinski definition) is 6. The van der Waals surface area contributed by atoms with E-state index < -0.39 is 15.9 Å². The van der Waals surface area contributed by atoms with Crippen molar-refractivity contribution in [2.24, 2.45) is 0 Å². The van der Waals surface area contributed by atoms with Crippen molar-refractivity contribution in [3.63, 3.8) is 0 Å². The summed E-state index contributed by atoms with van der Waals surface area (Å²) < 4.78 is 0. The monoisotopic (exact) mass is 616 g/mol. The topological polar surface area (TPSA) is 127 Å². The third kappa shape index (κ3) is 6.91. The number of fused-ring (bicyclic) bond motifs is 1. The highest BCUT2D eigenvalue weighted by atomic mass is 16.6. The first-order valence-corrected chi connectivity index (χ1v) is 14.7. The zero-order valence-corrected chi connectivity index (χ0v) is 25.6. The zero-order chi connectivity index (χ0) is 33.0. The van der Waals surface area contributed by atoms with Crippen LogP contribution in [0.5, 0.6) is 0 Å². The van der Waals surface area contributed by atoms with E-state index in [1.807, 2.05) is 63.2 Å². The molecule has 10 nitrogen and oxygen atoms in total. The van der Waals surface area contributed by atoms with E-state index >= 15 is 0 Å². The lowest BCUT2D eigenvalue weighted by atomic mass is 9.88. The number of nitro benzene ring substituents is 2. The van der Waals surface area contributed by atoms with Gasteiger partial charge in [-0.1, -0.05) is 29.8 Å². The maximum atomic E-state index is 14.0. The molecule has 0 bridgehead atoms. The molecule has 1 heterocycles. The van der Waals surface area contributed by atoms with Gasteiger partial charge in [-0.15, -0.1) is 0 Å². The van der Waals surface area contributed by atoms with Gasteiger partial charge >= 0.3 is 0 Å². The van der Waals surface area contributed by atoms with Crippen LogP contribution >= 0.6 is 0 Å². The lowest BCUT2D eigenvalue weighted by molar-refractivity contribution is -0.385. The maximum Gasteiger partial charge on any atom is 0.269 e. The standard InChI is InChI=1S/C36H32N4O6/c1-24-4-13-29(14-5-24)38(36(42)21-12-28-9-17-31(18-10-28)40(45)46)34-23-26(3)37(33-22-25(2)6-19-32(33)34)35(41)20-11-27-7-15-30(16-8-27)39(43)44/h4-22,26,34H,23H2,1-3H3/b20-11+,21-12+. The highest BCUT2D eigenvalue weighted by Crippen LogP contribution is 2.43. The first-order valence-electron chi connectivity index (χ1n) is 14.7. The van der Waals surface area contributed by atoms with Crippen molar-refractivity contribution in [3.8, 4) is 0 Å². The number of carbonyl (C=O) groups excluding carboxylic acids is 2. The molecule has 0 saturated heterocycles. The highest BCUT2D eigenvalue weighted by Gasteiger charge is 2.38. The third-order valence-electron chi connectivity index (χ3n) is 7.95. The number of non-ortho nitro benzene ring substituents is 2. The van der Waals surface area contributed by atoms with E-state index in [0.29, 0.717) is 28.9 Å². The molecule has 0 N–H and O–H groups in total. The smallest absolute Gasteiger partial charge is 0.269 e. The number of anilines is 2. The molecule has 0 fully saturated rings. The van der Waals surface area contributed by atoms with Gasteiger partial charge in [-0.2, -0.15) is 0 Å². The van der Waals surface area contributed by atoms with Crippen molar-refractivity contribution in [1.29, 1.82) is 0 Å². The summed E-state index contributed by atoms with van der Waals surface area (Å²) in [6, 6.07) is 24.8. The Morgan fingerprint density at radius 1 is 0.761 bits per heavy atom. The van der Waals surface area contributed by atoms with Crippen molar-refractivity contribution in [2.75, 3.05) is 9.80 Å². The molecule has 0 aromatic heterocycles. The molecule has 2 amide bonds. The molecule has 10 heteroatoms. The molecule has 46 heavy (non-hydrogen) atoms. The van der Waals surface area contributed by atoms with Crippen LogP contribution < -0.4 is 9.80 Å². The van der Waals surface area contributed by atoms with E-state index in [-0.39, 0.29) is 29.2 Å². The molecule has 0 spiro atoms. The largest absolute Gasteiger partial charge is 0.306 e. The van der Waals surface area contributed by atoms with E-state index in [4.69, 9.17) is 0 Å². The molecule has 5 rings (SSSR count). The molecule has 2 atom stereocenters. The minimum Gasteiger partial charge on any atom is -0.306 e. The molecule has 0 saturated carbocycles. The average Bonchev–Trinajstić information content (AvgIpc) is 3.04. The van der Waals surface area contributed by atoms with Crippen LogP contribution in [-0.4, -0.2) is 27.7 Å². The van der Waals surface area contributed by atoms with E-state index in [2.05, 4.69) is 0 Å². The number of nitro groups is 2. The molecule has 2 unspecified atom stereocenters. The van der Waals surface area contributed by atoms with E-state index in [9.17, 15) is 29.8 Å². The van der Waals surface area contributed by atoms with Gasteiger partial charge in [0.25, 0.3) is 23.2 Å². The van der Waals surface area contributed by atoms with Crippen molar-refractivity contribution in [1.82, 2.24) is 0 Å². The molecule has 0 aliphatic carbocycles. The number of hydrogen-bond donors (Lipinski definition) is 0. The van der Waals surface area contributed by atoms with Crippen LogP contribution in [0.15, 0.2) is 103 Å². The molecule has 4 aromatic rings. The molecule has 4 aromatic carbocycles. The Morgan fingerprint density at radius 2 is 1.28 bits per heavy atom. The Bertz CT molecular complexity index is 1850. The number of carbonyl (C=O) groups is 2. The number of amides is 2. The third-order valence-corrected chi connectivity index (χ3v) is 7.95. The van der Waals surface area contributed by atoms with Crippen LogP contribution in [0.3, 0.4) is 0 Å². The van der Waals surface area contributed by atoms with Gasteiger partial charge < -0.3 is 9.80 Å². The van der Waals surface area contributed by atoms with Gasteiger partial charge in [0.1, 0.15) is 0 Å². The van der Waals surface area contributed by atoms with Crippen molar-refractivity contribution >= 4 is 46.7 Å². The summed E-state index contributed by atoms with van der Waals surface area (Å²) in [7, 11) is 0. The number of benzene rings is 4. The maximum absolute atomic E-state index is 14.0. The molecule has 1 aliphatic rings. The van der Waals surface area contributed by atoms with E-state index in [1.54, 1.807) is 46.2 Å². The predicted octanol–water partition coefficient (Wildman–Crippen LogP) is 7.75. The summed E-state index contributed by atoms with van der Waals surface area (Å²) in [6.07, 6.45) is 6.64. The van der Waals surface area contributed by atoms with Crippen LogP contribution in [-0.2, 0) is 9.59 Å². The molecule has 232 valence electrons. The van der Waals surface area contributed by atoms with Gasteiger partial charge in [-0.3, -0.25) is 29.8 Å². The van der Waals surface area contributed by atoms with Crippen LogP contribution in [0.1, 0.15) is 47.2 Å². The quantitative estimate of drug-likeness (QED) is 0.113. The van der Waals surface area contributed by atoms with Crippen LogP contribution in [0.2, 0.25) is 0 Å². The SMILES string of the molecule is Cc1ccc(N(C(=O)/C=C/c2ccc([N+](=O)[O-])cc2)C2CC(C)N(C(=O)/C=C/c3ccc([N+](=O)[O-])cc3)c3cc(C)ccc32)cc1. The fourth-order valence-electron chi connectivity index (χ4n) is 5.59. The van der Waals surface area contributed by atoms with Gasteiger partial charge in [-0.05, 0) is 104 Å². The summed E-state index contributed by atoms with van der Waals surface area (Å²) in [5, 5.41) is 22.0. The van der Waals surface area contributed by atoms with Gasteiger partial charge in [0, 0.05) is 53.8 Å². The van der Waals surface area contributed by atoms with Crippen molar-refractivity contribution in [3.05, 3.63) is 151 Å². The Balaban J connectivity index is 1.49. The fraction of sp³-hybridized carbons (Fsp3) is 0.167. The van der Waals surface area contributed by atoms with Crippen LogP contribution in [0, 0.1) is 34.1 Å². The zero-order valence-electron chi connectivity index (χ0n) is 25.6. The molecule has 1 aliphatic heterocycles. The second-order valence-corrected chi connectivity index (χ2v) is 11.3. The molecular formula is C36H32N4O6. The van der Waals surface area contributed by atoms with E-state index in [0.717, 1.165) is 16.7 Å². The highest BCUT2D eigenvalue weighted by molar-refractivity contribution is 6.07.